The van der Waals surface area contributed by atoms with E-state index in [-0.39, 0.29) is 6.42 Å². The minimum absolute atomic E-state index is 0.129. The maximum Gasteiger partial charge on any atom is 0.310 e. The average Bonchev–Trinajstić information content (AvgIpc) is 2.05. The van der Waals surface area contributed by atoms with Crippen LogP contribution in [0.3, 0.4) is 0 Å². The van der Waals surface area contributed by atoms with Gasteiger partial charge >= 0.3 is 5.97 Å². The molecule has 3 nitrogen and oxygen atoms in total. The Kier molecular flexibility index (Phi) is 5.13. The summed E-state index contributed by atoms with van der Waals surface area (Å²) in [5.74, 6) is -0.822. The lowest BCUT2D eigenvalue weighted by atomic mass is 9.77. The van der Waals surface area contributed by atoms with Crippen molar-refractivity contribution in [3.63, 3.8) is 0 Å². The molecular weight excluding hydrogens is 166 g/mol. The first-order chi connectivity index (χ1) is 6.13. The summed E-state index contributed by atoms with van der Waals surface area (Å²) in [5.41, 5.74) is -0.793. The Morgan fingerprint density at radius 2 is 1.85 bits per heavy atom. The highest BCUT2D eigenvalue weighted by Crippen LogP contribution is 2.33. The number of hydrogen-bond acceptors (Lipinski definition) is 2. The van der Waals surface area contributed by atoms with Crippen molar-refractivity contribution < 1.29 is 9.90 Å². The number of rotatable bonds is 6. The van der Waals surface area contributed by atoms with E-state index in [2.05, 4.69) is 0 Å². The molecule has 0 aromatic heterocycles. The van der Waals surface area contributed by atoms with Gasteiger partial charge in [-0.3, -0.25) is 4.79 Å². The summed E-state index contributed by atoms with van der Waals surface area (Å²) in [6.07, 6.45) is 2.96. The number of carboxylic acid groups (broad SMARTS) is 1. The van der Waals surface area contributed by atoms with Crippen molar-refractivity contribution in [3.05, 3.63) is 0 Å². The first-order valence-electron chi connectivity index (χ1n) is 4.73. The van der Waals surface area contributed by atoms with Gasteiger partial charge in [-0.15, -0.1) is 0 Å². The molecule has 0 bridgehead atoms. The predicted molar refractivity (Wildman–Crippen MR) is 50.1 cm³/mol. The topological polar surface area (TPSA) is 61.1 Å². The molecule has 0 aliphatic carbocycles. The average molecular weight is 183 g/mol. The molecule has 0 unspecified atom stereocenters. The quantitative estimate of drug-likeness (QED) is 0.688. The lowest BCUT2D eigenvalue weighted by Gasteiger charge is -2.25. The minimum Gasteiger partial charge on any atom is -0.481 e. The fraction of sp³-hybridized carbons (Fsp3) is 0.800. The van der Waals surface area contributed by atoms with Crippen LogP contribution in [0.15, 0.2) is 0 Å². The van der Waals surface area contributed by atoms with Gasteiger partial charge in [-0.25, -0.2) is 0 Å². The normalized spacial score (nSPS) is 10.8. The third-order valence-electron chi connectivity index (χ3n) is 2.33. The Labute approximate surface area is 79.4 Å². The van der Waals surface area contributed by atoms with E-state index in [4.69, 9.17) is 10.4 Å². The molecule has 3 heteroatoms. The van der Waals surface area contributed by atoms with Crippen LogP contribution >= 0.6 is 0 Å². The molecular formula is C10H17NO2. The molecule has 0 rings (SSSR count). The molecule has 0 saturated carbocycles. The van der Waals surface area contributed by atoms with E-state index in [9.17, 15) is 4.79 Å². The van der Waals surface area contributed by atoms with Gasteiger partial charge < -0.3 is 5.11 Å². The summed E-state index contributed by atoms with van der Waals surface area (Å²) >= 11 is 0. The van der Waals surface area contributed by atoms with E-state index < -0.39 is 11.4 Å². The van der Waals surface area contributed by atoms with E-state index in [1.54, 1.807) is 0 Å². The van der Waals surface area contributed by atoms with Crippen molar-refractivity contribution in [2.45, 2.75) is 46.0 Å². The highest BCUT2D eigenvalue weighted by atomic mass is 16.4. The largest absolute Gasteiger partial charge is 0.481 e. The number of carbonyl (C=O) groups is 1. The van der Waals surface area contributed by atoms with Gasteiger partial charge in [-0.1, -0.05) is 26.7 Å². The summed E-state index contributed by atoms with van der Waals surface area (Å²) < 4.78 is 0. The first kappa shape index (κ1) is 12.0. The number of nitrogens with zero attached hydrogens (tertiary/aromatic N) is 1. The van der Waals surface area contributed by atoms with Crippen LogP contribution in [0.1, 0.15) is 46.0 Å². The third-order valence-corrected chi connectivity index (χ3v) is 2.33. The maximum absolute atomic E-state index is 11.0. The highest BCUT2D eigenvalue weighted by molar-refractivity contribution is 5.74. The molecule has 0 radical (unpaired) electrons. The molecule has 0 aromatic rings. The zero-order valence-corrected chi connectivity index (χ0v) is 8.34. The molecule has 0 saturated heterocycles. The number of aliphatic carboxylic acids is 1. The van der Waals surface area contributed by atoms with Crippen molar-refractivity contribution in [2.75, 3.05) is 0 Å². The van der Waals surface area contributed by atoms with E-state index >= 15 is 0 Å². The Morgan fingerprint density at radius 3 is 2.08 bits per heavy atom. The zero-order chi connectivity index (χ0) is 10.3. The van der Waals surface area contributed by atoms with Crippen LogP contribution in [0.2, 0.25) is 0 Å². The molecule has 1 N–H and O–H groups in total. The lowest BCUT2D eigenvalue weighted by molar-refractivity contribution is -0.149. The van der Waals surface area contributed by atoms with Crippen LogP contribution in [-0.2, 0) is 4.79 Å². The monoisotopic (exact) mass is 183 g/mol. The number of nitriles is 1. The van der Waals surface area contributed by atoms with Crippen molar-refractivity contribution in [1.82, 2.24) is 0 Å². The van der Waals surface area contributed by atoms with E-state index in [0.717, 1.165) is 12.8 Å². The Bertz CT molecular complexity index is 199. The maximum atomic E-state index is 11.0. The van der Waals surface area contributed by atoms with Gasteiger partial charge in [0, 0.05) is 0 Å². The van der Waals surface area contributed by atoms with Crippen LogP contribution in [0.4, 0.5) is 0 Å². The summed E-state index contributed by atoms with van der Waals surface area (Å²) in [6, 6.07) is 1.98. The van der Waals surface area contributed by atoms with E-state index in [1.165, 1.54) is 0 Å². The fourth-order valence-electron chi connectivity index (χ4n) is 1.70. The summed E-state index contributed by atoms with van der Waals surface area (Å²) in [5, 5.41) is 17.7. The molecule has 0 aliphatic rings. The molecule has 0 aromatic carbocycles. The van der Waals surface area contributed by atoms with Crippen molar-refractivity contribution in [3.8, 4) is 6.07 Å². The Hall–Kier alpha value is -1.04. The van der Waals surface area contributed by atoms with E-state index in [0.29, 0.717) is 12.8 Å². The summed E-state index contributed by atoms with van der Waals surface area (Å²) in [4.78, 5) is 11.0. The fourth-order valence-corrected chi connectivity index (χ4v) is 1.70. The second-order valence-electron chi connectivity index (χ2n) is 3.42. The summed E-state index contributed by atoms with van der Waals surface area (Å²) in [6.45, 7) is 3.90. The van der Waals surface area contributed by atoms with Crippen molar-refractivity contribution in [1.29, 1.82) is 5.26 Å². The predicted octanol–water partition coefficient (Wildman–Crippen LogP) is 2.57. The standard InChI is InChI=1S/C10H17NO2/c1-3-5-10(6-4-2,7-8-11)9(12)13/h3-7H2,1-2H3,(H,12,13). The Balaban J connectivity index is 4.60. The highest BCUT2D eigenvalue weighted by Gasteiger charge is 2.36. The second-order valence-corrected chi connectivity index (χ2v) is 3.42. The number of hydrogen-bond donors (Lipinski definition) is 1. The smallest absolute Gasteiger partial charge is 0.310 e. The van der Waals surface area contributed by atoms with Gasteiger partial charge in [-0.2, -0.15) is 5.26 Å². The van der Waals surface area contributed by atoms with Gasteiger partial charge in [0.25, 0.3) is 0 Å². The van der Waals surface area contributed by atoms with Crippen LogP contribution in [0, 0.1) is 16.7 Å². The van der Waals surface area contributed by atoms with Gasteiger partial charge in [0.2, 0.25) is 0 Å². The minimum atomic E-state index is -0.822. The molecule has 0 amide bonds. The second kappa shape index (κ2) is 5.58. The van der Waals surface area contributed by atoms with Crippen molar-refractivity contribution in [2.24, 2.45) is 5.41 Å². The molecule has 74 valence electrons. The van der Waals surface area contributed by atoms with Crippen LogP contribution in [-0.4, -0.2) is 11.1 Å². The van der Waals surface area contributed by atoms with Crippen molar-refractivity contribution >= 4 is 5.97 Å². The van der Waals surface area contributed by atoms with E-state index in [1.807, 2.05) is 19.9 Å². The van der Waals surface area contributed by atoms with Crippen LogP contribution < -0.4 is 0 Å². The van der Waals surface area contributed by atoms with Crippen LogP contribution in [0.25, 0.3) is 0 Å². The molecule has 0 fully saturated rings. The Morgan fingerprint density at radius 1 is 1.38 bits per heavy atom. The van der Waals surface area contributed by atoms with Gasteiger partial charge in [0.1, 0.15) is 0 Å². The van der Waals surface area contributed by atoms with Crippen LogP contribution in [0.5, 0.6) is 0 Å². The van der Waals surface area contributed by atoms with Gasteiger partial charge in [0.05, 0.1) is 17.9 Å². The molecule has 0 heterocycles. The van der Waals surface area contributed by atoms with Gasteiger partial charge in [0.15, 0.2) is 0 Å². The molecule has 13 heavy (non-hydrogen) atoms. The molecule has 0 spiro atoms. The molecule has 0 atom stereocenters. The number of carboxylic acids is 1. The lowest BCUT2D eigenvalue weighted by Crippen LogP contribution is -2.30. The zero-order valence-electron chi connectivity index (χ0n) is 8.34. The first-order valence-corrected chi connectivity index (χ1v) is 4.73. The molecule has 0 aliphatic heterocycles. The SMILES string of the molecule is CCCC(CC#N)(CCC)C(=O)O. The van der Waals surface area contributed by atoms with Gasteiger partial charge in [-0.05, 0) is 12.8 Å². The third kappa shape index (κ3) is 3.06. The summed E-state index contributed by atoms with van der Waals surface area (Å²) in [7, 11) is 0.